The topological polar surface area (TPSA) is 100 Å². The van der Waals surface area contributed by atoms with Gasteiger partial charge in [0.05, 0.1) is 15.7 Å². The lowest BCUT2D eigenvalue weighted by atomic mass is 10.1. The van der Waals surface area contributed by atoms with Crippen LogP contribution in [0.4, 0.5) is 10.8 Å². The summed E-state index contributed by atoms with van der Waals surface area (Å²) in [5.74, 6) is -1.23. The van der Waals surface area contributed by atoms with Crippen LogP contribution in [0.3, 0.4) is 0 Å². The summed E-state index contributed by atoms with van der Waals surface area (Å²) in [6, 6.07) is 40.1. The Morgan fingerprint density at radius 3 is 2.10 bits per heavy atom. The summed E-state index contributed by atoms with van der Waals surface area (Å²) in [5, 5.41) is 9.09. The first-order chi connectivity index (χ1) is 24.7. The van der Waals surface area contributed by atoms with Crippen molar-refractivity contribution in [3.8, 4) is 11.3 Å². The number of carbonyl (C=O) groups excluding carboxylic acids is 3. The van der Waals surface area contributed by atoms with Crippen LogP contribution in [-0.4, -0.2) is 22.7 Å². The predicted molar refractivity (Wildman–Crippen MR) is 209 cm³/mol. The minimum absolute atomic E-state index is 0.0277. The van der Waals surface area contributed by atoms with E-state index in [-0.39, 0.29) is 16.6 Å². The largest absolute Gasteiger partial charge is 0.321 e. The third-order valence-corrected chi connectivity index (χ3v) is 10.6. The van der Waals surface area contributed by atoms with Gasteiger partial charge in [-0.05, 0) is 66.6 Å². The molecule has 0 aliphatic carbocycles. The van der Waals surface area contributed by atoms with Crippen molar-refractivity contribution in [2.75, 3.05) is 10.6 Å². The van der Waals surface area contributed by atoms with Crippen molar-refractivity contribution in [3.05, 3.63) is 171 Å². The Balaban J connectivity index is 1.19. The molecule has 0 spiro atoms. The van der Waals surface area contributed by atoms with E-state index >= 15 is 0 Å². The zero-order chi connectivity index (χ0) is 35.7. The van der Waals surface area contributed by atoms with Gasteiger partial charge in [0.15, 0.2) is 5.13 Å². The van der Waals surface area contributed by atoms with Crippen LogP contribution in [0.5, 0.6) is 0 Å². The van der Waals surface area contributed by atoms with Gasteiger partial charge in [0, 0.05) is 26.6 Å². The number of carbonyl (C=O) groups is 3. The number of aromatic nitrogens is 1. The molecule has 1 heterocycles. The molecule has 0 radical (unpaired) electrons. The highest BCUT2D eigenvalue weighted by Crippen LogP contribution is 2.38. The Morgan fingerprint density at radius 2 is 1.41 bits per heavy atom. The van der Waals surface area contributed by atoms with Crippen molar-refractivity contribution in [2.24, 2.45) is 0 Å². The van der Waals surface area contributed by atoms with Crippen LogP contribution in [-0.2, 0) is 9.59 Å². The molecular formula is C40H30Cl2N4O3S2. The molecule has 1 unspecified atom stereocenters. The molecule has 3 N–H and O–H groups in total. The molecule has 11 heteroatoms. The number of thiazole rings is 1. The summed E-state index contributed by atoms with van der Waals surface area (Å²) in [7, 11) is 0. The van der Waals surface area contributed by atoms with Crippen LogP contribution in [0, 0.1) is 6.92 Å². The lowest BCUT2D eigenvalue weighted by Gasteiger charge is -2.17. The highest BCUT2D eigenvalue weighted by Gasteiger charge is 2.24. The number of nitrogens with one attached hydrogen (secondary N) is 3. The van der Waals surface area contributed by atoms with Crippen LogP contribution < -0.4 is 16.0 Å². The fourth-order valence-corrected chi connectivity index (χ4v) is 7.29. The summed E-state index contributed by atoms with van der Waals surface area (Å²) >= 11 is 15.4. The molecular weight excluding hydrogens is 720 g/mol. The zero-order valence-corrected chi connectivity index (χ0v) is 30.2. The Morgan fingerprint density at radius 1 is 0.765 bits per heavy atom. The molecule has 3 amide bonds. The average molecular weight is 750 g/mol. The van der Waals surface area contributed by atoms with E-state index in [0.717, 1.165) is 26.6 Å². The quantitative estimate of drug-likeness (QED) is 0.0905. The van der Waals surface area contributed by atoms with Crippen molar-refractivity contribution < 1.29 is 14.4 Å². The monoisotopic (exact) mass is 748 g/mol. The van der Waals surface area contributed by atoms with E-state index in [0.29, 0.717) is 27.0 Å². The van der Waals surface area contributed by atoms with Gasteiger partial charge in [0.2, 0.25) is 5.91 Å². The van der Waals surface area contributed by atoms with E-state index in [1.54, 1.807) is 60.7 Å². The number of hydrogen-bond acceptors (Lipinski definition) is 6. The smallest absolute Gasteiger partial charge is 0.272 e. The second-order valence-corrected chi connectivity index (χ2v) is 14.4. The van der Waals surface area contributed by atoms with Crippen LogP contribution >= 0.6 is 46.3 Å². The number of hydrogen-bond donors (Lipinski definition) is 3. The normalized spacial score (nSPS) is 11.8. The van der Waals surface area contributed by atoms with Gasteiger partial charge in [0.25, 0.3) is 11.8 Å². The molecule has 0 saturated heterocycles. The molecule has 5 aromatic carbocycles. The third-order valence-electron chi connectivity index (χ3n) is 7.59. The van der Waals surface area contributed by atoms with Crippen LogP contribution in [0.25, 0.3) is 17.3 Å². The molecule has 1 aromatic heterocycles. The highest BCUT2D eigenvalue weighted by atomic mass is 35.5. The summed E-state index contributed by atoms with van der Waals surface area (Å²) in [6.45, 7) is 1.99. The van der Waals surface area contributed by atoms with Gasteiger partial charge < -0.3 is 16.0 Å². The first-order valence-corrected chi connectivity index (χ1v) is 18.2. The van der Waals surface area contributed by atoms with Crippen LogP contribution in [0.1, 0.15) is 31.6 Å². The number of amides is 3. The SMILES string of the molecule is Cc1sc(NC(=O)C(Sc2ccc(NC(=O)/C(=C/c3cccc(Cl)c3Cl)NC(=O)c3ccccc3)cc2)c2ccccc2)nc1-c1ccccc1. The maximum atomic E-state index is 13.8. The summed E-state index contributed by atoms with van der Waals surface area (Å²) in [4.78, 5) is 46.9. The average Bonchev–Trinajstić information content (AvgIpc) is 3.52. The van der Waals surface area contributed by atoms with Crippen molar-refractivity contribution in [3.63, 3.8) is 0 Å². The summed E-state index contributed by atoms with van der Waals surface area (Å²) in [5.41, 5.74) is 3.96. The maximum absolute atomic E-state index is 13.8. The first-order valence-electron chi connectivity index (χ1n) is 15.7. The number of benzene rings is 5. The molecule has 6 aromatic rings. The minimum atomic E-state index is -0.582. The van der Waals surface area contributed by atoms with E-state index < -0.39 is 17.1 Å². The van der Waals surface area contributed by atoms with Gasteiger partial charge in [-0.2, -0.15) is 0 Å². The Kier molecular flexibility index (Phi) is 11.7. The number of nitrogens with zero attached hydrogens (tertiary/aromatic N) is 1. The number of aryl methyl sites for hydroxylation is 1. The molecule has 0 aliphatic heterocycles. The Labute approximate surface area is 313 Å². The van der Waals surface area contributed by atoms with Gasteiger partial charge in [-0.25, -0.2) is 4.98 Å². The van der Waals surface area contributed by atoms with E-state index in [4.69, 9.17) is 28.2 Å². The maximum Gasteiger partial charge on any atom is 0.272 e. The van der Waals surface area contributed by atoms with Gasteiger partial charge in [-0.3, -0.25) is 14.4 Å². The molecule has 0 aliphatic rings. The Hall–Kier alpha value is -5.19. The molecule has 0 bridgehead atoms. The van der Waals surface area contributed by atoms with E-state index in [9.17, 15) is 14.4 Å². The van der Waals surface area contributed by atoms with E-state index in [1.165, 1.54) is 29.2 Å². The van der Waals surface area contributed by atoms with Crippen molar-refractivity contribution in [1.29, 1.82) is 0 Å². The molecule has 6 rings (SSSR count). The zero-order valence-electron chi connectivity index (χ0n) is 27.1. The van der Waals surface area contributed by atoms with Crippen molar-refractivity contribution >= 4 is 80.9 Å². The number of thioether (sulfide) groups is 1. The lowest BCUT2D eigenvalue weighted by Crippen LogP contribution is -2.30. The number of anilines is 2. The molecule has 0 fully saturated rings. The van der Waals surface area contributed by atoms with E-state index in [1.807, 2.05) is 79.7 Å². The first kappa shape index (κ1) is 35.6. The summed E-state index contributed by atoms with van der Waals surface area (Å²) in [6.07, 6.45) is 1.48. The van der Waals surface area contributed by atoms with E-state index in [2.05, 4.69) is 16.0 Å². The fraction of sp³-hybridized carbons (Fsp3) is 0.0500. The van der Waals surface area contributed by atoms with Gasteiger partial charge in [-0.15, -0.1) is 23.1 Å². The molecule has 1 atom stereocenters. The van der Waals surface area contributed by atoms with Crippen LogP contribution in [0.2, 0.25) is 10.0 Å². The van der Waals surface area contributed by atoms with Gasteiger partial charge >= 0.3 is 0 Å². The third kappa shape index (κ3) is 9.14. The minimum Gasteiger partial charge on any atom is -0.321 e. The fourth-order valence-electron chi connectivity index (χ4n) is 5.07. The molecule has 0 saturated carbocycles. The molecule has 51 heavy (non-hydrogen) atoms. The number of halogens is 2. The second kappa shape index (κ2) is 16.7. The highest BCUT2D eigenvalue weighted by molar-refractivity contribution is 8.00. The molecule has 7 nitrogen and oxygen atoms in total. The standard InChI is InChI=1S/C40H30Cl2N4O3S2/c1-25-35(26-12-5-2-6-13-26)45-40(50-25)46-39(49)36(27-14-7-3-8-15-27)51-31-22-20-30(21-23-31)43-38(48)33(24-29-18-11-19-32(41)34(29)42)44-37(47)28-16-9-4-10-17-28/h2-24,36H,1H3,(H,43,48)(H,44,47)(H,45,46,49)/b33-24-. The Bertz CT molecular complexity index is 2190. The number of rotatable bonds is 11. The van der Waals surface area contributed by atoms with Gasteiger partial charge in [0.1, 0.15) is 10.9 Å². The van der Waals surface area contributed by atoms with Crippen molar-refractivity contribution in [1.82, 2.24) is 10.3 Å². The molecule has 254 valence electrons. The second-order valence-electron chi connectivity index (χ2n) is 11.2. The van der Waals surface area contributed by atoms with Crippen molar-refractivity contribution in [2.45, 2.75) is 17.1 Å². The van der Waals surface area contributed by atoms with Crippen LogP contribution in [0.15, 0.2) is 144 Å². The van der Waals surface area contributed by atoms with Gasteiger partial charge in [-0.1, -0.05) is 114 Å². The predicted octanol–water partition coefficient (Wildman–Crippen LogP) is 10.3. The summed E-state index contributed by atoms with van der Waals surface area (Å²) < 4.78 is 0. The lowest BCUT2D eigenvalue weighted by molar-refractivity contribution is -0.116.